The lowest BCUT2D eigenvalue weighted by Crippen LogP contribution is -2.14. The molecule has 1 amide bonds. The summed E-state index contributed by atoms with van der Waals surface area (Å²) in [5.74, 6) is 0.119. The Hall–Kier alpha value is -2.61. The lowest BCUT2D eigenvalue weighted by atomic mass is 10.1. The summed E-state index contributed by atoms with van der Waals surface area (Å²) in [6, 6.07) is 17.6. The predicted octanol–water partition coefficient (Wildman–Crippen LogP) is 5.69. The lowest BCUT2D eigenvalue weighted by Gasteiger charge is -2.12. The first-order chi connectivity index (χ1) is 14.1. The number of benzene rings is 2. The third-order valence-electron chi connectivity index (χ3n) is 4.08. The number of thiazole rings is 1. The Morgan fingerprint density at radius 3 is 2.62 bits per heavy atom. The maximum atomic E-state index is 12.3. The van der Waals surface area contributed by atoms with Gasteiger partial charge in [0.2, 0.25) is 5.91 Å². The number of halogens is 1. The van der Waals surface area contributed by atoms with Gasteiger partial charge in [-0.3, -0.25) is 9.36 Å². The van der Waals surface area contributed by atoms with Gasteiger partial charge in [-0.15, -0.1) is 11.3 Å². The summed E-state index contributed by atoms with van der Waals surface area (Å²) in [5, 5.41) is 6.75. The standard InChI is InChI=1S/C21H17ClN4OS2/c1-14-12-28-20(24-14)25-19(27)13-29-21-23-11-18(15-5-3-2-4-6-15)26(21)17-9-7-16(22)8-10-17/h2-12H,13H2,1H3,(H,24,25,27). The van der Waals surface area contributed by atoms with Crippen molar-refractivity contribution in [2.75, 3.05) is 11.1 Å². The molecule has 29 heavy (non-hydrogen) atoms. The molecule has 1 N–H and O–H groups in total. The second kappa shape index (κ2) is 8.82. The molecule has 0 aliphatic carbocycles. The van der Waals surface area contributed by atoms with Gasteiger partial charge >= 0.3 is 0 Å². The molecule has 0 saturated heterocycles. The third-order valence-corrected chi connectivity index (χ3v) is 6.16. The largest absolute Gasteiger partial charge is 0.301 e. The first-order valence-corrected chi connectivity index (χ1v) is 11.1. The Kier molecular flexibility index (Phi) is 5.99. The Bertz CT molecular complexity index is 1120. The zero-order valence-corrected chi connectivity index (χ0v) is 17.9. The number of thioether (sulfide) groups is 1. The summed E-state index contributed by atoms with van der Waals surface area (Å²) in [4.78, 5) is 21.2. The van der Waals surface area contributed by atoms with E-state index in [0.717, 1.165) is 27.8 Å². The first-order valence-electron chi connectivity index (χ1n) is 8.84. The fraction of sp³-hybridized carbons (Fsp3) is 0.0952. The van der Waals surface area contributed by atoms with Crippen LogP contribution in [0.1, 0.15) is 5.69 Å². The highest BCUT2D eigenvalue weighted by atomic mass is 35.5. The highest BCUT2D eigenvalue weighted by Gasteiger charge is 2.16. The maximum Gasteiger partial charge on any atom is 0.236 e. The van der Waals surface area contributed by atoms with Crippen LogP contribution in [0, 0.1) is 6.92 Å². The van der Waals surface area contributed by atoms with Crippen molar-refractivity contribution in [1.29, 1.82) is 0 Å². The molecule has 0 unspecified atom stereocenters. The fourth-order valence-corrected chi connectivity index (χ4v) is 4.41. The van der Waals surface area contributed by atoms with E-state index in [9.17, 15) is 4.79 Å². The molecule has 0 aliphatic rings. The van der Waals surface area contributed by atoms with Crippen LogP contribution in [0.3, 0.4) is 0 Å². The van der Waals surface area contributed by atoms with Crippen LogP contribution < -0.4 is 5.32 Å². The summed E-state index contributed by atoms with van der Waals surface area (Å²) < 4.78 is 2.04. The topological polar surface area (TPSA) is 59.8 Å². The van der Waals surface area contributed by atoms with Gasteiger partial charge < -0.3 is 5.32 Å². The highest BCUT2D eigenvalue weighted by Crippen LogP contribution is 2.30. The Morgan fingerprint density at radius 2 is 1.93 bits per heavy atom. The van der Waals surface area contributed by atoms with Gasteiger partial charge in [-0.2, -0.15) is 0 Å². The number of hydrogen-bond acceptors (Lipinski definition) is 5. The molecule has 0 bridgehead atoms. The van der Waals surface area contributed by atoms with Crippen molar-refractivity contribution in [1.82, 2.24) is 14.5 Å². The number of hydrogen-bond donors (Lipinski definition) is 1. The van der Waals surface area contributed by atoms with E-state index in [1.54, 1.807) is 0 Å². The van der Waals surface area contributed by atoms with Crippen molar-refractivity contribution in [2.24, 2.45) is 0 Å². The third kappa shape index (κ3) is 4.70. The maximum absolute atomic E-state index is 12.3. The van der Waals surface area contributed by atoms with Crippen molar-refractivity contribution in [2.45, 2.75) is 12.1 Å². The fourth-order valence-electron chi connectivity index (χ4n) is 2.79. The minimum absolute atomic E-state index is 0.115. The van der Waals surface area contributed by atoms with Crippen LogP contribution in [0.25, 0.3) is 16.9 Å². The Labute approximate surface area is 181 Å². The minimum Gasteiger partial charge on any atom is -0.301 e. The SMILES string of the molecule is Cc1csc(NC(=O)CSc2ncc(-c3ccccc3)n2-c2ccc(Cl)cc2)n1. The van der Waals surface area contributed by atoms with Gasteiger partial charge in [0.15, 0.2) is 10.3 Å². The number of anilines is 1. The molecule has 2 aromatic heterocycles. The van der Waals surface area contributed by atoms with Crippen molar-refractivity contribution in [3.8, 4) is 16.9 Å². The number of carbonyl (C=O) groups is 1. The van der Waals surface area contributed by atoms with Crippen LogP contribution >= 0.6 is 34.7 Å². The molecule has 4 rings (SSSR count). The van der Waals surface area contributed by atoms with Crippen LogP contribution in [-0.2, 0) is 4.79 Å². The molecule has 0 fully saturated rings. The van der Waals surface area contributed by atoms with Crippen LogP contribution in [-0.4, -0.2) is 26.2 Å². The van der Waals surface area contributed by atoms with Crippen molar-refractivity contribution < 1.29 is 4.79 Å². The van der Waals surface area contributed by atoms with E-state index in [1.807, 2.05) is 77.7 Å². The van der Waals surface area contributed by atoms with Crippen LogP contribution in [0.2, 0.25) is 5.02 Å². The molecular weight excluding hydrogens is 424 g/mol. The molecule has 8 heteroatoms. The van der Waals surface area contributed by atoms with E-state index in [0.29, 0.717) is 10.2 Å². The first kappa shape index (κ1) is 19.7. The second-order valence-electron chi connectivity index (χ2n) is 6.23. The molecule has 4 aromatic rings. The molecule has 0 atom stereocenters. The molecule has 146 valence electrons. The summed E-state index contributed by atoms with van der Waals surface area (Å²) >= 11 is 8.86. The van der Waals surface area contributed by atoms with Gasteiger partial charge in [0.25, 0.3) is 0 Å². The van der Waals surface area contributed by atoms with E-state index >= 15 is 0 Å². The quantitative estimate of drug-likeness (QED) is 0.391. The summed E-state index contributed by atoms with van der Waals surface area (Å²) in [7, 11) is 0. The van der Waals surface area contributed by atoms with Gasteiger partial charge in [0.05, 0.1) is 23.3 Å². The van der Waals surface area contributed by atoms with Gasteiger partial charge in [-0.25, -0.2) is 9.97 Å². The molecule has 5 nitrogen and oxygen atoms in total. The number of nitrogens with one attached hydrogen (secondary N) is 1. The molecule has 0 spiro atoms. The molecule has 2 heterocycles. The number of rotatable bonds is 6. The van der Waals surface area contributed by atoms with Gasteiger partial charge in [-0.1, -0.05) is 53.7 Å². The van der Waals surface area contributed by atoms with Crippen LogP contribution in [0.4, 0.5) is 5.13 Å². The van der Waals surface area contributed by atoms with Crippen LogP contribution in [0.5, 0.6) is 0 Å². The number of nitrogens with zero attached hydrogens (tertiary/aromatic N) is 3. The Morgan fingerprint density at radius 1 is 1.17 bits per heavy atom. The zero-order valence-electron chi connectivity index (χ0n) is 15.5. The van der Waals surface area contributed by atoms with E-state index in [1.165, 1.54) is 23.1 Å². The number of aryl methyl sites for hydroxylation is 1. The Balaban J connectivity index is 1.60. The summed E-state index contributed by atoms with van der Waals surface area (Å²) in [6.07, 6.45) is 1.83. The number of imidazole rings is 1. The van der Waals surface area contributed by atoms with Gasteiger partial charge in [0, 0.05) is 21.7 Å². The number of carbonyl (C=O) groups excluding carboxylic acids is 1. The lowest BCUT2D eigenvalue weighted by molar-refractivity contribution is -0.113. The highest BCUT2D eigenvalue weighted by molar-refractivity contribution is 7.99. The predicted molar refractivity (Wildman–Crippen MR) is 120 cm³/mol. The van der Waals surface area contributed by atoms with E-state index in [2.05, 4.69) is 15.3 Å². The monoisotopic (exact) mass is 440 g/mol. The van der Waals surface area contributed by atoms with E-state index < -0.39 is 0 Å². The van der Waals surface area contributed by atoms with E-state index in [4.69, 9.17) is 11.6 Å². The average molecular weight is 441 g/mol. The molecule has 0 radical (unpaired) electrons. The molecule has 2 aromatic carbocycles. The number of amides is 1. The molecular formula is C21H17ClN4OS2. The van der Waals surface area contributed by atoms with Crippen molar-refractivity contribution >= 4 is 45.7 Å². The molecule has 0 saturated carbocycles. The number of aromatic nitrogens is 3. The van der Waals surface area contributed by atoms with Gasteiger partial charge in [-0.05, 0) is 31.2 Å². The second-order valence-corrected chi connectivity index (χ2v) is 8.47. The van der Waals surface area contributed by atoms with Crippen molar-refractivity contribution in [3.05, 3.63) is 76.9 Å². The smallest absolute Gasteiger partial charge is 0.236 e. The summed E-state index contributed by atoms with van der Waals surface area (Å²) in [5.41, 5.74) is 3.82. The van der Waals surface area contributed by atoms with Crippen molar-refractivity contribution in [3.63, 3.8) is 0 Å². The van der Waals surface area contributed by atoms with Gasteiger partial charge in [0.1, 0.15) is 0 Å². The summed E-state index contributed by atoms with van der Waals surface area (Å²) in [6.45, 7) is 1.90. The van der Waals surface area contributed by atoms with Crippen LogP contribution in [0.15, 0.2) is 71.3 Å². The molecule has 0 aliphatic heterocycles. The normalized spacial score (nSPS) is 10.8. The zero-order chi connectivity index (χ0) is 20.2. The average Bonchev–Trinajstić information content (AvgIpc) is 3.34. The van der Waals surface area contributed by atoms with E-state index in [-0.39, 0.29) is 11.7 Å². The minimum atomic E-state index is -0.115.